The van der Waals surface area contributed by atoms with Gasteiger partial charge in [0.1, 0.15) is 5.82 Å². The third-order valence-electron chi connectivity index (χ3n) is 6.97. The summed E-state index contributed by atoms with van der Waals surface area (Å²) in [5, 5.41) is 3.57. The van der Waals surface area contributed by atoms with Crippen molar-refractivity contribution in [2.24, 2.45) is 0 Å². The van der Waals surface area contributed by atoms with Gasteiger partial charge in [-0.1, -0.05) is 12.1 Å². The molecule has 1 aliphatic heterocycles. The van der Waals surface area contributed by atoms with Crippen molar-refractivity contribution in [2.75, 3.05) is 12.3 Å². The minimum Gasteiger partial charge on any atom is -0.383 e. The molecule has 1 saturated carbocycles. The lowest BCUT2D eigenvalue weighted by Gasteiger charge is -2.31. The highest BCUT2D eigenvalue weighted by molar-refractivity contribution is 5.79. The second-order valence-corrected chi connectivity index (χ2v) is 9.15. The molecule has 0 amide bonds. The lowest BCUT2D eigenvalue weighted by Crippen LogP contribution is -2.25. The lowest BCUT2D eigenvalue weighted by molar-refractivity contribution is -0.0382. The van der Waals surface area contributed by atoms with Gasteiger partial charge in [0.05, 0.1) is 0 Å². The van der Waals surface area contributed by atoms with Gasteiger partial charge < -0.3 is 11.1 Å². The fraction of sp³-hybridized carbons (Fsp3) is 0.385. The summed E-state index contributed by atoms with van der Waals surface area (Å²) in [6.07, 6.45) is 6.16. The van der Waals surface area contributed by atoms with E-state index < -0.39 is 11.9 Å². The van der Waals surface area contributed by atoms with Gasteiger partial charge in [0.2, 0.25) is 11.9 Å². The number of hydrogen-bond acceptors (Lipinski definition) is 4. The SMILES string of the molecule is Nc1ncc(-c2ccc(C3CCC(F)(F)CC3)c([C@@H]3CCCN3)c2)cc1-c1ccnc(F)c1. The Morgan fingerprint density at radius 3 is 2.45 bits per heavy atom. The van der Waals surface area contributed by atoms with Crippen LogP contribution in [0.5, 0.6) is 0 Å². The molecule has 1 aromatic carbocycles. The Hall–Kier alpha value is -2.93. The molecule has 0 radical (unpaired) electrons. The summed E-state index contributed by atoms with van der Waals surface area (Å²) in [6.45, 7) is 0.957. The van der Waals surface area contributed by atoms with E-state index in [0.717, 1.165) is 30.5 Å². The molecule has 2 aliphatic rings. The molecule has 3 heterocycles. The molecular formula is C26H27F3N4. The van der Waals surface area contributed by atoms with E-state index in [1.807, 2.05) is 12.1 Å². The van der Waals surface area contributed by atoms with Crippen LogP contribution in [0.25, 0.3) is 22.3 Å². The van der Waals surface area contributed by atoms with E-state index >= 15 is 0 Å². The molecule has 5 rings (SSSR count). The maximum atomic E-state index is 13.8. The van der Waals surface area contributed by atoms with Gasteiger partial charge in [0.25, 0.3) is 0 Å². The number of nitrogens with zero attached hydrogens (tertiary/aromatic N) is 2. The third-order valence-corrected chi connectivity index (χ3v) is 6.97. The van der Waals surface area contributed by atoms with E-state index in [-0.39, 0.29) is 24.8 Å². The van der Waals surface area contributed by atoms with E-state index in [9.17, 15) is 13.2 Å². The molecule has 2 aromatic heterocycles. The first-order valence-electron chi connectivity index (χ1n) is 11.5. The van der Waals surface area contributed by atoms with Crippen LogP contribution in [0.1, 0.15) is 61.6 Å². The van der Waals surface area contributed by atoms with Gasteiger partial charge in [-0.3, -0.25) is 0 Å². The predicted molar refractivity (Wildman–Crippen MR) is 123 cm³/mol. The van der Waals surface area contributed by atoms with Gasteiger partial charge in [-0.05, 0) is 78.6 Å². The van der Waals surface area contributed by atoms with Crippen LogP contribution in [-0.4, -0.2) is 22.4 Å². The molecule has 1 atom stereocenters. The van der Waals surface area contributed by atoms with Crippen molar-refractivity contribution in [3.63, 3.8) is 0 Å². The average Bonchev–Trinajstić information content (AvgIpc) is 3.34. The summed E-state index contributed by atoms with van der Waals surface area (Å²) in [6, 6.07) is 11.5. The average molecular weight is 453 g/mol. The number of nitrogens with one attached hydrogen (secondary N) is 1. The predicted octanol–water partition coefficient (Wildman–Crippen LogP) is 6.25. The van der Waals surface area contributed by atoms with Crippen LogP contribution < -0.4 is 11.1 Å². The Labute approximate surface area is 191 Å². The van der Waals surface area contributed by atoms with E-state index in [1.165, 1.54) is 23.4 Å². The number of alkyl halides is 2. The van der Waals surface area contributed by atoms with Gasteiger partial charge >= 0.3 is 0 Å². The van der Waals surface area contributed by atoms with Crippen molar-refractivity contribution in [3.05, 3.63) is 65.9 Å². The second kappa shape index (κ2) is 8.78. The van der Waals surface area contributed by atoms with Crippen LogP contribution in [0.4, 0.5) is 19.0 Å². The van der Waals surface area contributed by atoms with Crippen LogP contribution in [-0.2, 0) is 0 Å². The molecule has 7 heteroatoms. The normalized spacial score (nSPS) is 20.8. The molecule has 0 unspecified atom stereocenters. The zero-order valence-corrected chi connectivity index (χ0v) is 18.3. The third kappa shape index (κ3) is 4.60. The van der Waals surface area contributed by atoms with Gasteiger partial charge in [0, 0.05) is 48.5 Å². The fourth-order valence-electron chi connectivity index (χ4n) is 5.16. The largest absolute Gasteiger partial charge is 0.383 e. The van der Waals surface area contributed by atoms with Crippen LogP contribution in [0.2, 0.25) is 0 Å². The maximum Gasteiger partial charge on any atom is 0.248 e. The number of nitrogen functional groups attached to an aromatic ring is 1. The first-order valence-corrected chi connectivity index (χ1v) is 11.5. The van der Waals surface area contributed by atoms with E-state index in [1.54, 1.807) is 12.3 Å². The number of benzene rings is 1. The molecular weight excluding hydrogens is 425 g/mol. The first kappa shape index (κ1) is 21.9. The molecule has 0 bridgehead atoms. The van der Waals surface area contributed by atoms with Crippen LogP contribution in [0.15, 0.2) is 48.8 Å². The monoisotopic (exact) mass is 452 g/mol. The zero-order chi connectivity index (χ0) is 23.0. The van der Waals surface area contributed by atoms with Gasteiger partial charge in [-0.2, -0.15) is 4.39 Å². The number of aromatic nitrogens is 2. The Morgan fingerprint density at radius 1 is 0.909 bits per heavy atom. The molecule has 3 N–H and O–H groups in total. The van der Waals surface area contributed by atoms with Crippen molar-refractivity contribution in [3.8, 4) is 22.3 Å². The zero-order valence-electron chi connectivity index (χ0n) is 18.3. The van der Waals surface area contributed by atoms with Crippen molar-refractivity contribution in [1.82, 2.24) is 15.3 Å². The molecule has 3 aromatic rings. The van der Waals surface area contributed by atoms with Crippen molar-refractivity contribution in [2.45, 2.75) is 56.4 Å². The number of hydrogen-bond donors (Lipinski definition) is 2. The summed E-state index contributed by atoms with van der Waals surface area (Å²) in [5.74, 6) is -2.65. The van der Waals surface area contributed by atoms with Crippen molar-refractivity contribution in [1.29, 1.82) is 0 Å². The quantitative estimate of drug-likeness (QED) is 0.459. The minimum atomic E-state index is -2.54. The highest BCUT2D eigenvalue weighted by Crippen LogP contribution is 2.44. The number of halogens is 3. The van der Waals surface area contributed by atoms with Crippen LogP contribution in [0.3, 0.4) is 0 Å². The second-order valence-electron chi connectivity index (χ2n) is 9.15. The number of nitrogens with two attached hydrogens (primary N) is 1. The van der Waals surface area contributed by atoms with Crippen LogP contribution >= 0.6 is 0 Å². The number of anilines is 1. The molecule has 1 saturated heterocycles. The van der Waals surface area contributed by atoms with Crippen molar-refractivity contribution < 1.29 is 13.2 Å². The van der Waals surface area contributed by atoms with E-state index in [4.69, 9.17) is 5.73 Å². The van der Waals surface area contributed by atoms with Gasteiger partial charge in [-0.15, -0.1) is 0 Å². The summed E-state index contributed by atoms with van der Waals surface area (Å²) in [7, 11) is 0. The Kier molecular flexibility index (Phi) is 5.83. The van der Waals surface area contributed by atoms with Gasteiger partial charge in [-0.25, -0.2) is 18.7 Å². The lowest BCUT2D eigenvalue weighted by atomic mass is 9.78. The standard InChI is InChI=1S/C26H27F3N4/c27-24-14-18(7-11-32-24)21-13-19(15-33-25(21)30)17-3-4-20(16-5-8-26(28,29)9-6-16)22(12-17)23-2-1-10-31-23/h3-4,7,11-16,23,31H,1-2,5-6,8-10H2,(H2,30,33)/t23-/m0/s1. The molecule has 4 nitrogen and oxygen atoms in total. The highest BCUT2D eigenvalue weighted by Gasteiger charge is 2.36. The molecule has 1 aliphatic carbocycles. The molecule has 0 spiro atoms. The van der Waals surface area contributed by atoms with Gasteiger partial charge in [0.15, 0.2) is 0 Å². The highest BCUT2D eigenvalue weighted by atomic mass is 19.3. The minimum absolute atomic E-state index is 0.0509. The van der Waals surface area contributed by atoms with E-state index in [0.29, 0.717) is 29.8 Å². The Bertz CT molecular complexity index is 1150. The van der Waals surface area contributed by atoms with E-state index in [2.05, 4.69) is 27.4 Å². The maximum absolute atomic E-state index is 13.8. The Morgan fingerprint density at radius 2 is 1.73 bits per heavy atom. The Balaban J connectivity index is 1.53. The molecule has 172 valence electrons. The fourth-order valence-corrected chi connectivity index (χ4v) is 5.16. The number of rotatable bonds is 4. The van der Waals surface area contributed by atoms with Crippen LogP contribution in [0, 0.1) is 5.95 Å². The summed E-state index contributed by atoms with van der Waals surface area (Å²) >= 11 is 0. The summed E-state index contributed by atoms with van der Waals surface area (Å²) in [4.78, 5) is 7.97. The topological polar surface area (TPSA) is 63.8 Å². The summed E-state index contributed by atoms with van der Waals surface area (Å²) in [5.41, 5.74) is 11.6. The smallest absolute Gasteiger partial charge is 0.248 e. The molecule has 2 fully saturated rings. The summed E-state index contributed by atoms with van der Waals surface area (Å²) < 4.78 is 41.2. The first-order chi connectivity index (χ1) is 15.9. The number of pyridine rings is 2. The van der Waals surface area contributed by atoms with Crippen molar-refractivity contribution >= 4 is 5.82 Å². The molecule has 33 heavy (non-hydrogen) atoms.